The Bertz CT molecular complexity index is 360. The number of benzene rings is 1. The largest absolute Gasteiger partial charge is 0.495 e. The summed E-state index contributed by atoms with van der Waals surface area (Å²) in [5.41, 5.74) is 2.13. The van der Waals surface area contributed by atoms with Crippen molar-refractivity contribution in [2.45, 2.75) is 13.3 Å². The summed E-state index contributed by atoms with van der Waals surface area (Å²) >= 11 is 4.10. The van der Waals surface area contributed by atoms with E-state index < -0.39 is 0 Å². The Morgan fingerprint density at radius 2 is 2.21 bits per heavy atom. The highest BCUT2D eigenvalue weighted by atomic mass is 32.1. The first kappa shape index (κ1) is 11.0. The molecule has 0 aliphatic rings. The average Bonchev–Trinajstić information content (AvgIpc) is 2.20. The van der Waals surface area contributed by atoms with Gasteiger partial charge in [0.1, 0.15) is 5.75 Å². The fourth-order valence-corrected chi connectivity index (χ4v) is 1.23. The van der Waals surface area contributed by atoms with Gasteiger partial charge in [0.2, 0.25) is 0 Å². The molecular formula is C12H14OS. The van der Waals surface area contributed by atoms with E-state index in [1.807, 2.05) is 25.1 Å². The fraction of sp³-hybridized carbons (Fsp3) is 0.333. The first-order valence-corrected chi connectivity index (χ1v) is 5.15. The van der Waals surface area contributed by atoms with Crippen molar-refractivity contribution in [3.63, 3.8) is 0 Å². The Kier molecular flexibility index (Phi) is 4.42. The van der Waals surface area contributed by atoms with Crippen LogP contribution in [0.15, 0.2) is 18.2 Å². The molecule has 2 heteroatoms. The topological polar surface area (TPSA) is 9.23 Å². The third-order valence-electron chi connectivity index (χ3n) is 1.82. The van der Waals surface area contributed by atoms with E-state index in [1.165, 1.54) is 5.56 Å². The highest BCUT2D eigenvalue weighted by molar-refractivity contribution is 7.80. The maximum Gasteiger partial charge on any atom is 0.134 e. The lowest BCUT2D eigenvalue weighted by atomic mass is 10.1. The lowest BCUT2D eigenvalue weighted by Gasteiger charge is -2.03. The monoisotopic (exact) mass is 206 g/mol. The van der Waals surface area contributed by atoms with Crippen LogP contribution in [0.2, 0.25) is 0 Å². The van der Waals surface area contributed by atoms with Crippen molar-refractivity contribution in [1.29, 1.82) is 0 Å². The van der Waals surface area contributed by atoms with Gasteiger partial charge in [0, 0.05) is 12.2 Å². The first-order valence-electron chi connectivity index (χ1n) is 4.52. The van der Waals surface area contributed by atoms with Crippen LogP contribution in [-0.4, -0.2) is 12.9 Å². The van der Waals surface area contributed by atoms with Gasteiger partial charge in [-0.25, -0.2) is 0 Å². The molecule has 1 aromatic carbocycles. The second-order valence-corrected chi connectivity index (χ2v) is 3.43. The maximum absolute atomic E-state index is 5.24. The Hall–Kier alpha value is -1.07. The Balaban J connectivity index is 2.92. The van der Waals surface area contributed by atoms with Gasteiger partial charge in [-0.05, 0) is 24.6 Å². The molecule has 0 fully saturated rings. The van der Waals surface area contributed by atoms with Crippen LogP contribution in [0.3, 0.4) is 0 Å². The molecule has 0 aromatic heterocycles. The Labute approximate surface area is 90.9 Å². The third-order valence-corrected chi connectivity index (χ3v) is 2.04. The molecule has 0 spiro atoms. The highest BCUT2D eigenvalue weighted by Gasteiger charge is 1.98. The summed E-state index contributed by atoms with van der Waals surface area (Å²) in [6.07, 6.45) is 0.806. The average molecular weight is 206 g/mol. The van der Waals surface area contributed by atoms with E-state index in [9.17, 15) is 0 Å². The minimum absolute atomic E-state index is 0.793. The molecule has 0 saturated heterocycles. The van der Waals surface area contributed by atoms with Crippen molar-refractivity contribution in [2.24, 2.45) is 0 Å². The van der Waals surface area contributed by atoms with E-state index in [1.54, 1.807) is 7.11 Å². The molecular weight excluding hydrogens is 192 g/mol. The molecule has 0 atom stereocenters. The van der Waals surface area contributed by atoms with Crippen LogP contribution in [0.4, 0.5) is 0 Å². The molecule has 0 N–H and O–H groups in total. The zero-order chi connectivity index (χ0) is 10.4. The summed E-state index contributed by atoms with van der Waals surface area (Å²) < 4.78 is 5.24. The second kappa shape index (κ2) is 5.62. The molecule has 0 saturated carbocycles. The van der Waals surface area contributed by atoms with Gasteiger partial charge in [-0.15, -0.1) is 0 Å². The van der Waals surface area contributed by atoms with E-state index in [0.717, 1.165) is 23.5 Å². The zero-order valence-electron chi connectivity index (χ0n) is 8.50. The van der Waals surface area contributed by atoms with Crippen molar-refractivity contribution in [2.75, 3.05) is 12.9 Å². The minimum atomic E-state index is 0.793. The van der Waals surface area contributed by atoms with E-state index in [2.05, 4.69) is 24.5 Å². The van der Waals surface area contributed by atoms with Crippen molar-refractivity contribution >= 4 is 12.6 Å². The van der Waals surface area contributed by atoms with Crippen molar-refractivity contribution in [1.82, 2.24) is 0 Å². The lowest BCUT2D eigenvalue weighted by molar-refractivity contribution is 0.413. The van der Waals surface area contributed by atoms with E-state index >= 15 is 0 Å². The zero-order valence-corrected chi connectivity index (χ0v) is 9.40. The van der Waals surface area contributed by atoms with Crippen molar-refractivity contribution in [3.8, 4) is 17.6 Å². The summed E-state index contributed by atoms with van der Waals surface area (Å²) in [4.78, 5) is 0. The van der Waals surface area contributed by atoms with Gasteiger partial charge in [0.15, 0.2) is 0 Å². The number of methoxy groups -OCH3 is 1. The van der Waals surface area contributed by atoms with Crippen LogP contribution in [0.5, 0.6) is 5.75 Å². The molecule has 0 amide bonds. The van der Waals surface area contributed by atoms with Crippen LogP contribution >= 0.6 is 12.6 Å². The van der Waals surface area contributed by atoms with Gasteiger partial charge < -0.3 is 4.74 Å². The second-order valence-electron chi connectivity index (χ2n) is 2.98. The summed E-state index contributed by atoms with van der Waals surface area (Å²) in [6, 6.07) is 6.01. The van der Waals surface area contributed by atoms with Gasteiger partial charge in [0.05, 0.1) is 12.7 Å². The summed E-state index contributed by atoms with van der Waals surface area (Å²) in [7, 11) is 1.67. The van der Waals surface area contributed by atoms with Crippen LogP contribution in [-0.2, 0) is 0 Å². The van der Waals surface area contributed by atoms with Gasteiger partial charge in [0.25, 0.3) is 0 Å². The molecule has 0 aliphatic heterocycles. The third kappa shape index (κ3) is 3.01. The van der Waals surface area contributed by atoms with Crippen LogP contribution in [0, 0.1) is 18.8 Å². The van der Waals surface area contributed by atoms with E-state index in [-0.39, 0.29) is 0 Å². The molecule has 0 radical (unpaired) electrons. The minimum Gasteiger partial charge on any atom is -0.495 e. The normalized spacial score (nSPS) is 9.07. The van der Waals surface area contributed by atoms with E-state index in [4.69, 9.17) is 4.74 Å². The SMILES string of the molecule is COc1cc(C)ccc1C#CCCS. The van der Waals surface area contributed by atoms with Crippen molar-refractivity contribution in [3.05, 3.63) is 29.3 Å². The predicted molar refractivity (Wildman–Crippen MR) is 63.1 cm³/mol. The maximum atomic E-state index is 5.24. The van der Waals surface area contributed by atoms with Crippen LogP contribution < -0.4 is 4.74 Å². The number of rotatable bonds is 2. The number of thiol groups is 1. The quantitative estimate of drug-likeness (QED) is 0.578. The predicted octanol–water partition coefficient (Wildman–Crippen LogP) is 2.68. The molecule has 0 heterocycles. The number of ether oxygens (including phenoxy) is 1. The summed E-state index contributed by atoms with van der Waals surface area (Å²) in [6.45, 7) is 2.04. The van der Waals surface area contributed by atoms with Gasteiger partial charge in [-0.3, -0.25) is 0 Å². The molecule has 1 rings (SSSR count). The molecule has 1 nitrogen and oxygen atoms in total. The first-order chi connectivity index (χ1) is 6.77. The Morgan fingerprint density at radius 1 is 1.43 bits per heavy atom. The number of hydrogen-bond acceptors (Lipinski definition) is 2. The molecule has 0 aliphatic carbocycles. The van der Waals surface area contributed by atoms with Gasteiger partial charge in [-0.2, -0.15) is 12.6 Å². The van der Waals surface area contributed by atoms with E-state index in [0.29, 0.717) is 0 Å². The summed E-state index contributed by atoms with van der Waals surface area (Å²) in [5.74, 6) is 7.74. The van der Waals surface area contributed by atoms with Crippen molar-refractivity contribution < 1.29 is 4.74 Å². The molecule has 0 unspecified atom stereocenters. The van der Waals surface area contributed by atoms with Gasteiger partial charge >= 0.3 is 0 Å². The number of aryl methyl sites for hydroxylation is 1. The molecule has 14 heavy (non-hydrogen) atoms. The standard InChI is InChI=1S/C12H14OS/c1-10-6-7-11(5-3-4-8-14)12(9-10)13-2/h6-7,9,14H,4,8H2,1-2H3. The van der Waals surface area contributed by atoms with Crippen LogP contribution in [0.25, 0.3) is 0 Å². The highest BCUT2D eigenvalue weighted by Crippen LogP contribution is 2.18. The molecule has 74 valence electrons. The molecule has 1 aromatic rings. The lowest BCUT2D eigenvalue weighted by Crippen LogP contribution is -1.88. The fourth-order valence-electron chi connectivity index (χ4n) is 1.12. The Morgan fingerprint density at radius 3 is 2.86 bits per heavy atom. The van der Waals surface area contributed by atoms with Crippen LogP contribution in [0.1, 0.15) is 17.5 Å². The molecule has 0 bridgehead atoms. The van der Waals surface area contributed by atoms with Gasteiger partial charge in [-0.1, -0.05) is 17.9 Å². The number of hydrogen-bond donors (Lipinski definition) is 1. The summed E-state index contributed by atoms with van der Waals surface area (Å²) in [5, 5.41) is 0. The smallest absolute Gasteiger partial charge is 0.134 e.